The van der Waals surface area contributed by atoms with Gasteiger partial charge in [-0.05, 0) is 23.8 Å². The number of benzene rings is 1. The van der Waals surface area contributed by atoms with Crippen molar-refractivity contribution in [2.24, 2.45) is 0 Å². The van der Waals surface area contributed by atoms with E-state index < -0.39 is 11.9 Å². The van der Waals surface area contributed by atoms with Gasteiger partial charge in [-0.1, -0.05) is 6.07 Å². The largest absolute Gasteiger partial charge is 0.384 e. The minimum atomic E-state index is -1.05. The third-order valence-corrected chi connectivity index (χ3v) is 2.91. The van der Waals surface area contributed by atoms with Crippen LogP contribution < -0.4 is 0 Å². The second kappa shape index (κ2) is 4.70. The second-order valence-corrected chi connectivity index (χ2v) is 4.10. The van der Waals surface area contributed by atoms with E-state index in [2.05, 4.69) is 15.0 Å². The van der Waals surface area contributed by atoms with Crippen molar-refractivity contribution in [1.82, 2.24) is 15.0 Å². The Labute approximate surface area is 108 Å². The van der Waals surface area contributed by atoms with Crippen molar-refractivity contribution in [1.29, 1.82) is 0 Å². The standard InChI is InChI=1S/C14H10FN3O/c15-11-8-16-4-3-10(11)14(19)9-1-2-12-13(7-9)18-6-5-17-12/h1-8,14,19H. The van der Waals surface area contributed by atoms with Gasteiger partial charge in [-0.15, -0.1) is 0 Å². The molecule has 0 aliphatic heterocycles. The number of aromatic nitrogens is 3. The van der Waals surface area contributed by atoms with Gasteiger partial charge >= 0.3 is 0 Å². The number of rotatable bonds is 2. The lowest BCUT2D eigenvalue weighted by Crippen LogP contribution is -2.03. The molecule has 0 spiro atoms. The zero-order chi connectivity index (χ0) is 13.2. The monoisotopic (exact) mass is 255 g/mol. The molecule has 2 heterocycles. The predicted molar refractivity (Wildman–Crippen MR) is 67.8 cm³/mol. The van der Waals surface area contributed by atoms with Crippen LogP contribution in [0, 0.1) is 5.82 Å². The molecule has 0 fully saturated rings. The topological polar surface area (TPSA) is 58.9 Å². The summed E-state index contributed by atoms with van der Waals surface area (Å²) in [5.41, 5.74) is 2.15. The van der Waals surface area contributed by atoms with Crippen molar-refractivity contribution in [3.05, 3.63) is 66.0 Å². The molecular weight excluding hydrogens is 245 g/mol. The molecule has 0 bridgehead atoms. The summed E-state index contributed by atoms with van der Waals surface area (Å²) in [6.07, 6.45) is 4.66. The Bertz CT molecular complexity index is 732. The highest BCUT2D eigenvalue weighted by molar-refractivity contribution is 5.74. The molecule has 19 heavy (non-hydrogen) atoms. The number of aliphatic hydroxyl groups is 1. The van der Waals surface area contributed by atoms with Gasteiger partial charge in [-0.2, -0.15) is 0 Å². The summed E-state index contributed by atoms with van der Waals surface area (Å²) in [6.45, 7) is 0. The van der Waals surface area contributed by atoms with E-state index in [4.69, 9.17) is 0 Å². The maximum Gasteiger partial charge on any atom is 0.147 e. The van der Waals surface area contributed by atoms with Crippen molar-refractivity contribution in [2.75, 3.05) is 0 Å². The molecule has 1 unspecified atom stereocenters. The molecule has 4 nitrogen and oxygen atoms in total. The van der Waals surface area contributed by atoms with E-state index in [0.29, 0.717) is 11.1 Å². The maximum atomic E-state index is 13.6. The van der Waals surface area contributed by atoms with Crippen molar-refractivity contribution in [2.45, 2.75) is 6.10 Å². The molecule has 3 aromatic rings. The molecule has 2 aromatic heterocycles. The van der Waals surface area contributed by atoms with Crippen molar-refractivity contribution < 1.29 is 9.50 Å². The summed E-state index contributed by atoms with van der Waals surface area (Å²) >= 11 is 0. The van der Waals surface area contributed by atoms with Gasteiger partial charge in [-0.3, -0.25) is 15.0 Å². The van der Waals surface area contributed by atoms with E-state index in [-0.39, 0.29) is 5.56 Å². The van der Waals surface area contributed by atoms with Crippen LogP contribution in [0.25, 0.3) is 11.0 Å². The Kier molecular flexibility index (Phi) is 2.89. The molecule has 3 rings (SSSR count). The number of hydrogen-bond donors (Lipinski definition) is 1. The Morgan fingerprint density at radius 1 is 1.00 bits per heavy atom. The Morgan fingerprint density at radius 2 is 1.79 bits per heavy atom. The van der Waals surface area contributed by atoms with Gasteiger partial charge < -0.3 is 5.11 Å². The third-order valence-electron chi connectivity index (χ3n) is 2.91. The van der Waals surface area contributed by atoms with Crippen LogP contribution in [-0.4, -0.2) is 20.1 Å². The van der Waals surface area contributed by atoms with Crippen LogP contribution in [0.2, 0.25) is 0 Å². The van der Waals surface area contributed by atoms with Gasteiger partial charge in [0.15, 0.2) is 0 Å². The van der Waals surface area contributed by atoms with E-state index >= 15 is 0 Å². The molecule has 1 N–H and O–H groups in total. The fraction of sp³-hybridized carbons (Fsp3) is 0.0714. The number of nitrogens with zero attached hydrogens (tertiary/aromatic N) is 3. The molecule has 94 valence electrons. The van der Waals surface area contributed by atoms with Gasteiger partial charge in [0.05, 0.1) is 17.2 Å². The van der Waals surface area contributed by atoms with Crippen molar-refractivity contribution in [3.8, 4) is 0 Å². The van der Waals surface area contributed by atoms with Gasteiger partial charge in [0.2, 0.25) is 0 Å². The van der Waals surface area contributed by atoms with Crippen molar-refractivity contribution >= 4 is 11.0 Å². The highest BCUT2D eigenvalue weighted by atomic mass is 19.1. The van der Waals surface area contributed by atoms with Gasteiger partial charge in [0.1, 0.15) is 11.9 Å². The van der Waals surface area contributed by atoms with E-state index in [1.165, 1.54) is 12.3 Å². The van der Waals surface area contributed by atoms with Crippen LogP contribution in [-0.2, 0) is 0 Å². The summed E-state index contributed by atoms with van der Waals surface area (Å²) in [6, 6.07) is 6.62. The van der Waals surface area contributed by atoms with Gasteiger partial charge in [-0.25, -0.2) is 4.39 Å². The average Bonchev–Trinajstić information content (AvgIpc) is 2.46. The van der Waals surface area contributed by atoms with E-state index in [9.17, 15) is 9.50 Å². The smallest absolute Gasteiger partial charge is 0.147 e. The number of aliphatic hydroxyl groups excluding tert-OH is 1. The third kappa shape index (κ3) is 2.15. The molecule has 0 aliphatic rings. The fourth-order valence-corrected chi connectivity index (χ4v) is 1.94. The summed E-state index contributed by atoms with van der Waals surface area (Å²) in [5.74, 6) is -0.533. The molecule has 0 saturated carbocycles. The van der Waals surface area contributed by atoms with Crippen LogP contribution in [0.4, 0.5) is 4.39 Å². The fourth-order valence-electron chi connectivity index (χ4n) is 1.94. The van der Waals surface area contributed by atoms with Crippen LogP contribution >= 0.6 is 0 Å². The zero-order valence-electron chi connectivity index (χ0n) is 9.86. The SMILES string of the molecule is OC(c1ccc2nccnc2c1)c1ccncc1F. The van der Waals surface area contributed by atoms with Gasteiger partial charge in [0.25, 0.3) is 0 Å². The van der Waals surface area contributed by atoms with Crippen molar-refractivity contribution in [3.63, 3.8) is 0 Å². The maximum absolute atomic E-state index is 13.6. The highest BCUT2D eigenvalue weighted by Crippen LogP contribution is 2.25. The minimum Gasteiger partial charge on any atom is -0.384 e. The molecule has 0 radical (unpaired) electrons. The minimum absolute atomic E-state index is 0.193. The zero-order valence-corrected chi connectivity index (χ0v) is 9.86. The van der Waals surface area contributed by atoms with Crippen LogP contribution in [0.5, 0.6) is 0 Å². The Morgan fingerprint density at radius 3 is 2.58 bits per heavy atom. The first kappa shape index (κ1) is 11.7. The van der Waals surface area contributed by atoms with Gasteiger partial charge in [0, 0.05) is 24.2 Å². The summed E-state index contributed by atoms with van der Waals surface area (Å²) in [5, 5.41) is 10.2. The first-order valence-electron chi connectivity index (χ1n) is 5.74. The molecule has 1 aromatic carbocycles. The summed E-state index contributed by atoms with van der Waals surface area (Å²) < 4.78 is 13.6. The van der Waals surface area contributed by atoms with Crippen LogP contribution in [0.3, 0.4) is 0 Å². The summed E-state index contributed by atoms with van der Waals surface area (Å²) in [7, 11) is 0. The van der Waals surface area contributed by atoms with Crippen LogP contribution in [0.1, 0.15) is 17.2 Å². The predicted octanol–water partition coefficient (Wildman–Crippen LogP) is 2.25. The normalized spacial score (nSPS) is 12.5. The summed E-state index contributed by atoms with van der Waals surface area (Å²) in [4.78, 5) is 12.0. The number of hydrogen-bond acceptors (Lipinski definition) is 4. The van der Waals surface area contributed by atoms with Crippen LogP contribution in [0.15, 0.2) is 49.1 Å². The second-order valence-electron chi connectivity index (χ2n) is 4.10. The molecular formula is C14H10FN3O. The molecule has 1 atom stereocenters. The lowest BCUT2D eigenvalue weighted by Gasteiger charge is -2.12. The number of halogens is 1. The number of pyridine rings is 1. The Balaban J connectivity index is 2.07. The molecule has 5 heteroatoms. The molecule has 0 saturated heterocycles. The van der Waals surface area contributed by atoms with E-state index in [1.54, 1.807) is 30.6 Å². The first-order chi connectivity index (χ1) is 9.25. The molecule has 0 amide bonds. The number of fused-ring (bicyclic) bond motifs is 1. The quantitative estimate of drug-likeness (QED) is 0.763. The lowest BCUT2D eigenvalue weighted by molar-refractivity contribution is 0.215. The molecule has 0 aliphatic carbocycles. The highest BCUT2D eigenvalue weighted by Gasteiger charge is 2.15. The lowest BCUT2D eigenvalue weighted by atomic mass is 10.0. The average molecular weight is 255 g/mol. The van der Waals surface area contributed by atoms with E-state index in [0.717, 1.165) is 11.7 Å². The first-order valence-corrected chi connectivity index (χ1v) is 5.74. The van der Waals surface area contributed by atoms with E-state index in [1.807, 2.05) is 0 Å². The Hall–Kier alpha value is -2.40.